The number of phosphoric acid groups is 1. The van der Waals surface area contributed by atoms with E-state index in [1.165, 1.54) is 116 Å². The first-order valence-corrected chi connectivity index (χ1v) is 22.1. The van der Waals surface area contributed by atoms with Crippen LogP contribution in [0.3, 0.4) is 0 Å². The van der Waals surface area contributed by atoms with Crippen LogP contribution in [-0.2, 0) is 32.7 Å². The normalized spacial score (nSPS) is 14.1. The van der Waals surface area contributed by atoms with Crippen molar-refractivity contribution in [3.8, 4) is 0 Å². The maximum atomic E-state index is 12.5. The summed E-state index contributed by atoms with van der Waals surface area (Å²) in [7, 11) is -4.60. The average Bonchev–Trinajstić information content (AvgIpc) is 3.12. The molecule has 0 aliphatic rings. The molecule has 10 nitrogen and oxygen atoms in total. The third kappa shape index (κ3) is 36.8. The van der Waals surface area contributed by atoms with Crippen molar-refractivity contribution in [2.45, 2.75) is 206 Å². The number of aliphatic hydroxyl groups is 2. The van der Waals surface area contributed by atoms with Gasteiger partial charge in [-0.2, -0.15) is 0 Å². The molecule has 0 aromatic carbocycles. The number of aliphatic hydroxyl groups excluding tert-OH is 2. The standard InChI is InChI=1S/C40H77O10P/c1-3-5-7-9-11-13-14-15-16-17-18-19-20-21-22-24-25-27-29-31-39(43)47-35-38(36-49-51(45,46)48-34-37(42)33-41)50-40(44)32-30-28-26-23-12-10-8-6-4-2/h15-16,37-38,41-42H,3-14,17-36H2,1-2H3,(H,45,46)/b16-15+/t37-,38+/m1/s1. The van der Waals surface area contributed by atoms with Crippen molar-refractivity contribution in [3.63, 3.8) is 0 Å². The molecular formula is C40H77O10P. The van der Waals surface area contributed by atoms with E-state index in [1.807, 2.05) is 0 Å². The zero-order valence-electron chi connectivity index (χ0n) is 32.6. The molecule has 0 rings (SSSR count). The van der Waals surface area contributed by atoms with Crippen molar-refractivity contribution in [1.82, 2.24) is 0 Å². The van der Waals surface area contributed by atoms with E-state index in [1.54, 1.807) is 0 Å². The van der Waals surface area contributed by atoms with Crippen molar-refractivity contribution >= 4 is 19.8 Å². The summed E-state index contributed by atoms with van der Waals surface area (Å²) in [5, 5.41) is 18.3. The summed E-state index contributed by atoms with van der Waals surface area (Å²) in [4.78, 5) is 34.8. The van der Waals surface area contributed by atoms with Crippen LogP contribution in [0.5, 0.6) is 0 Å². The van der Waals surface area contributed by atoms with Gasteiger partial charge in [-0.05, 0) is 38.5 Å². The monoisotopic (exact) mass is 749 g/mol. The van der Waals surface area contributed by atoms with Gasteiger partial charge in [-0.1, -0.05) is 154 Å². The highest BCUT2D eigenvalue weighted by atomic mass is 31.2. The van der Waals surface area contributed by atoms with E-state index in [2.05, 4.69) is 30.5 Å². The number of carbonyl (C=O) groups is 2. The summed E-state index contributed by atoms with van der Waals surface area (Å²) in [6.07, 6.45) is 33.3. The Bertz CT molecular complexity index is 868. The van der Waals surface area contributed by atoms with E-state index in [0.29, 0.717) is 12.8 Å². The molecule has 0 bridgehead atoms. The number of hydrogen-bond donors (Lipinski definition) is 3. The van der Waals surface area contributed by atoms with E-state index < -0.39 is 51.8 Å². The Balaban J connectivity index is 4.19. The van der Waals surface area contributed by atoms with Crippen LogP contribution in [0, 0.1) is 0 Å². The molecule has 0 heterocycles. The van der Waals surface area contributed by atoms with Gasteiger partial charge in [-0.3, -0.25) is 18.6 Å². The van der Waals surface area contributed by atoms with Crippen molar-refractivity contribution in [2.24, 2.45) is 0 Å². The van der Waals surface area contributed by atoms with Crippen molar-refractivity contribution < 1.29 is 47.8 Å². The minimum absolute atomic E-state index is 0.187. The highest BCUT2D eigenvalue weighted by Crippen LogP contribution is 2.43. The highest BCUT2D eigenvalue weighted by Gasteiger charge is 2.27. The van der Waals surface area contributed by atoms with Crippen molar-refractivity contribution in [3.05, 3.63) is 12.2 Å². The van der Waals surface area contributed by atoms with Crippen LogP contribution in [0.2, 0.25) is 0 Å². The average molecular weight is 749 g/mol. The van der Waals surface area contributed by atoms with Gasteiger partial charge in [-0.25, -0.2) is 4.57 Å². The van der Waals surface area contributed by atoms with E-state index in [4.69, 9.17) is 19.1 Å². The fourth-order valence-corrected chi connectivity index (χ4v) is 6.48. The first-order valence-electron chi connectivity index (χ1n) is 20.6. The number of ether oxygens (including phenoxy) is 2. The predicted octanol–water partition coefficient (Wildman–Crippen LogP) is 10.4. The molecule has 0 aromatic heterocycles. The summed E-state index contributed by atoms with van der Waals surface area (Å²) in [6, 6.07) is 0. The summed E-state index contributed by atoms with van der Waals surface area (Å²) < 4.78 is 32.6. The second kappa shape index (κ2) is 37.0. The van der Waals surface area contributed by atoms with Crippen LogP contribution in [0.25, 0.3) is 0 Å². The third-order valence-electron chi connectivity index (χ3n) is 8.92. The fraction of sp³-hybridized carbons (Fsp3) is 0.900. The zero-order valence-corrected chi connectivity index (χ0v) is 33.5. The smallest absolute Gasteiger partial charge is 0.462 e. The lowest BCUT2D eigenvalue weighted by Crippen LogP contribution is -2.29. The van der Waals surface area contributed by atoms with Gasteiger partial charge in [0.25, 0.3) is 0 Å². The van der Waals surface area contributed by atoms with E-state index >= 15 is 0 Å². The van der Waals surface area contributed by atoms with Gasteiger partial charge in [0.05, 0.1) is 19.8 Å². The zero-order chi connectivity index (χ0) is 37.7. The Hall–Kier alpha value is -1.29. The van der Waals surface area contributed by atoms with Crippen molar-refractivity contribution in [1.29, 1.82) is 0 Å². The molecule has 0 spiro atoms. The molecule has 0 fully saturated rings. The molecule has 11 heteroatoms. The highest BCUT2D eigenvalue weighted by molar-refractivity contribution is 7.47. The van der Waals surface area contributed by atoms with Gasteiger partial charge >= 0.3 is 19.8 Å². The van der Waals surface area contributed by atoms with Crippen LogP contribution >= 0.6 is 7.82 Å². The van der Waals surface area contributed by atoms with E-state index in [9.17, 15) is 24.2 Å². The van der Waals surface area contributed by atoms with Crippen LogP contribution in [0.15, 0.2) is 12.2 Å². The topological polar surface area (TPSA) is 149 Å². The molecule has 0 aliphatic carbocycles. The van der Waals surface area contributed by atoms with Crippen molar-refractivity contribution in [2.75, 3.05) is 26.4 Å². The summed E-state index contributed by atoms with van der Waals surface area (Å²) in [6.45, 7) is 2.36. The van der Waals surface area contributed by atoms with Crippen LogP contribution < -0.4 is 0 Å². The Morgan fingerprint density at radius 1 is 0.569 bits per heavy atom. The largest absolute Gasteiger partial charge is 0.472 e. The molecule has 0 radical (unpaired) electrons. The number of carbonyl (C=O) groups excluding carboxylic acids is 2. The van der Waals surface area contributed by atoms with Gasteiger partial charge in [0.2, 0.25) is 0 Å². The molecular weight excluding hydrogens is 671 g/mol. The van der Waals surface area contributed by atoms with Gasteiger partial charge in [0.1, 0.15) is 12.7 Å². The minimum Gasteiger partial charge on any atom is -0.462 e. The number of hydrogen-bond acceptors (Lipinski definition) is 9. The molecule has 51 heavy (non-hydrogen) atoms. The molecule has 0 amide bonds. The van der Waals surface area contributed by atoms with E-state index in [0.717, 1.165) is 38.5 Å². The number of unbranched alkanes of at least 4 members (excludes halogenated alkanes) is 23. The molecule has 0 saturated carbocycles. The maximum Gasteiger partial charge on any atom is 0.472 e. The SMILES string of the molecule is CCCCCCCC/C=C/CCCCCCCCCCCC(=O)OC[C@@H](COP(=O)(O)OC[C@H](O)CO)OC(=O)CCCCCCCCCCC. The predicted molar refractivity (Wildman–Crippen MR) is 205 cm³/mol. The number of rotatable bonds is 39. The quantitative estimate of drug-likeness (QED) is 0.0240. The third-order valence-corrected chi connectivity index (χ3v) is 9.87. The lowest BCUT2D eigenvalue weighted by molar-refractivity contribution is -0.161. The Morgan fingerprint density at radius 3 is 1.41 bits per heavy atom. The molecule has 0 saturated heterocycles. The molecule has 3 N–H and O–H groups in total. The molecule has 0 aliphatic heterocycles. The van der Waals surface area contributed by atoms with Crippen LogP contribution in [0.4, 0.5) is 0 Å². The molecule has 302 valence electrons. The van der Waals surface area contributed by atoms with Crippen LogP contribution in [0.1, 0.15) is 194 Å². The second-order valence-corrected chi connectivity index (χ2v) is 15.5. The first-order chi connectivity index (χ1) is 24.7. The Morgan fingerprint density at radius 2 is 0.961 bits per heavy atom. The summed E-state index contributed by atoms with van der Waals surface area (Å²) in [5.41, 5.74) is 0. The van der Waals surface area contributed by atoms with Gasteiger partial charge in [0.15, 0.2) is 6.10 Å². The minimum atomic E-state index is -4.60. The van der Waals surface area contributed by atoms with Gasteiger partial charge < -0.3 is 24.6 Å². The summed E-state index contributed by atoms with van der Waals surface area (Å²) >= 11 is 0. The fourth-order valence-electron chi connectivity index (χ4n) is 5.69. The number of allylic oxidation sites excluding steroid dienone is 2. The lowest BCUT2D eigenvalue weighted by Gasteiger charge is -2.20. The van der Waals surface area contributed by atoms with Crippen LogP contribution in [-0.4, -0.2) is 65.7 Å². The van der Waals surface area contributed by atoms with E-state index in [-0.39, 0.29) is 19.4 Å². The number of esters is 2. The first kappa shape index (κ1) is 49.7. The Kier molecular flexibility index (Phi) is 36.1. The second-order valence-electron chi connectivity index (χ2n) is 14.0. The lowest BCUT2D eigenvalue weighted by atomic mass is 10.1. The number of phosphoric ester groups is 1. The maximum absolute atomic E-state index is 12.5. The molecule has 3 atom stereocenters. The molecule has 0 aromatic rings. The Labute approximate surface area is 311 Å². The van der Waals surface area contributed by atoms with Gasteiger partial charge in [0, 0.05) is 12.8 Å². The molecule has 1 unspecified atom stereocenters. The summed E-state index contributed by atoms with van der Waals surface area (Å²) in [5.74, 6) is -0.923. The van der Waals surface area contributed by atoms with Gasteiger partial charge in [-0.15, -0.1) is 0 Å².